The zero-order valence-electron chi connectivity index (χ0n) is 29.0. The molecule has 4 rings (SSSR count). The fourth-order valence-electron chi connectivity index (χ4n) is 5.21. The highest BCUT2D eigenvalue weighted by molar-refractivity contribution is 6.05. The second kappa shape index (κ2) is 19.4. The number of ether oxygens (including phenoxy) is 4. The van der Waals surface area contributed by atoms with Crippen molar-refractivity contribution >= 4 is 23.2 Å². The average Bonchev–Trinajstić information content (AvgIpc) is 3.13. The zero-order chi connectivity index (χ0) is 37.6. The molecule has 0 saturated heterocycles. The van der Waals surface area contributed by atoms with Gasteiger partial charge in [-0.25, -0.2) is 0 Å². The molecule has 12 nitrogen and oxygen atoms in total. The SMILES string of the molecule is COc1cc(C(=O)Nc2cccc(-c3cccc(NC(=O)c4cc(OC)c(CNCCOC(F)F)cn4)c3C)c2C)ncc1CNCCOC(F)F. The number of amides is 2. The van der Waals surface area contributed by atoms with Gasteiger partial charge in [0.2, 0.25) is 0 Å². The molecule has 0 spiro atoms. The minimum atomic E-state index is -2.84. The van der Waals surface area contributed by atoms with Crippen LogP contribution in [0.2, 0.25) is 0 Å². The highest BCUT2D eigenvalue weighted by Gasteiger charge is 2.18. The van der Waals surface area contributed by atoms with Crippen LogP contribution in [0.1, 0.15) is 43.2 Å². The molecule has 2 heterocycles. The monoisotopic (exact) mass is 728 g/mol. The van der Waals surface area contributed by atoms with Gasteiger partial charge in [-0.15, -0.1) is 0 Å². The highest BCUT2D eigenvalue weighted by atomic mass is 19.3. The third-order valence-corrected chi connectivity index (χ3v) is 7.92. The topological polar surface area (TPSA) is 145 Å². The van der Waals surface area contributed by atoms with Gasteiger partial charge < -0.3 is 40.2 Å². The van der Waals surface area contributed by atoms with Gasteiger partial charge in [0, 0.05) is 73.2 Å². The van der Waals surface area contributed by atoms with Crippen LogP contribution in [-0.2, 0) is 22.6 Å². The fourth-order valence-corrected chi connectivity index (χ4v) is 5.21. The molecule has 0 atom stereocenters. The molecule has 278 valence electrons. The molecule has 16 heteroatoms. The van der Waals surface area contributed by atoms with Crippen LogP contribution in [0.15, 0.2) is 60.9 Å². The van der Waals surface area contributed by atoms with E-state index in [1.54, 1.807) is 12.1 Å². The highest BCUT2D eigenvalue weighted by Crippen LogP contribution is 2.34. The number of alkyl halides is 4. The molecule has 0 radical (unpaired) electrons. The van der Waals surface area contributed by atoms with Gasteiger partial charge in [-0.2, -0.15) is 17.6 Å². The third kappa shape index (κ3) is 10.9. The number of methoxy groups -OCH3 is 2. The van der Waals surface area contributed by atoms with E-state index in [1.165, 1.54) is 38.7 Å². The number of carbonyl (C=O) groups is 2. The van der Waals surface area contributed by atoms with E-state index in [0.29, 0.717) is 34.0 Å². The van der Waals surface area contributed by atoms with Crippen LogP contribution in [0, 0.1) is 13.8 Å². The van der Waals surface area contributed by atoms with Crippen molar-refractivity contribution in [1.29, 1.82) is 0 Å². The lowest BCUT2D eigenvalue weighted by molar-refractivity contribution is -0.127. The molecule has 0 fully saturated rings. The van der Waals surface area contributed by atoms with Gasteiger partial charge in [-0.1, -0.05) is 24.3 Å². The van der Waals surface area contributed by atoms with Crippen molar-refractivity contribution in [2.45, 2.75) is 40.2 Å². The lowest BCUT2D eigenvalue weighted by Gasteiger charge is -2.17. The number of anilines is 2. The van der Waals surface area contributed by atoms with E-state index >= 15 is 0 Å². The predicted molar refractivity (Wildman–Crippen MR) is 186 cm³/mol. The number of rotatable bonds is 19. The van der Waals surface area contributed by atoms with E-state index < -0.39 is 25.0 Å². The number of pyridine rings is 2. The zero-order valence-corrected chi connectivity index (χ0v) is 29.0. The molecule has 4 aromatic rings. The normalized spacial score (nSPS) is 11.2. The number of hydrogen-bond acceptors (Lipinski definition) is 10. The largest absolute Gasteiger partial charge is 0.496 e. The lowest BCUT2D eigenvalue weighted by atomic mass is 9.94. The van der Waals surface area contributed by atoms with Crippen molar-refractivity contribution in [1.82, 2.24) is 20.6 Å². The van der Waals surface area contributed by atoms with Crippen molar-refractivity contribution < 1.29 is 46.1 Å². The molecular weight excluding hydrogens is 688 g/mol. The molecule has 0 aliphatic carbocycles. The van der Waals surface area contributed by atoms with Gasteiger partial charge in [0.05, 0.1) is 27.4 Å². The van der Waals surface area contributed by atoms with Crippen molar-refractivity contribution in [2.75, 3.05) is 51.2 Å². The Balaban J connectivity index is 1.44. The van der Waals surface area contributed by atoms with Crippen LogP contribution >= 0.6 is 0 Å². The number of carbonyl (C=O) groups excluding carboxylic acids is 2. The second-order valence-electron chi connectivity index (χ2n) is 11.2. The molecule has 52 heavy (non-hydrogen) atoms. The van der Waals surface area contributed by atoms with E-state index in [9.17, 15) is 27.2 Å². The fraction of sp³-hybridized carbons (Fsp3) is 0.333. The van der Waals surface area contributed by atoms with E-state index in [-0.39, 0.29) is 50.8 Å². The molecule has 0 aliphatic heterocycles. The maximum Gasteiger partial charge on any atom is 0.345 e. The Labute approximate surface area is 298 Å². The minimum absolute atomic E-state index is 0.112. The first-order chi connectivity index (χ1) is 25.0. The summed E-state index contributed by atoms with van der Waals surface area (Å²) in [5, 5.41) is 11.8. The van der Waals surface area contributed by atoms with Crippen molar-refractivity contribution in [3.8, 4) is 22.6 Å². The van der Waals surface area contributed by atoms with E-state index in [0.717, 1.165) is 22.3 Å². The Morgan fingerprint density at radius 1 is 0.673 bits per heavy atom. The Morgan fingerprint density at radius 2 is 1.08 bits per heavy atom. The summed E-state index contributed by atoms with van der Waals surface area (Å²) >= 11 is 0. The summed E-state index contributed by atoms with van der Waals surface area (Å²) in [6, 6.07) is 14.0. The standard InChI is InChI=1S/C36H40F4N6O6/c1-21-25(7-5-9-27(21)45-33(47)29-15-31(49-3)23(19-43-29)17-41-11-13-51-35(37)38)26-8-6-10-28(22(26)2)46-34(48)30-16-32(50-4)24(20-44-30)18-42-12-14-52-36(39)40/h5-10,15-16,19-20,35-36,41-42H,11-14,17-18H2,1-4H3,(H,45,47)(H,46,48). The first kappa shape index (κ1) is 39.6. The summed E-state index contributed by atoms with van der Waals surface area (Å²) in [4.78, 5) is 35.1. The Morgan fingerprint density at radius 3 is 1.44 bits per heavy atom. The summed E-state index contributed by atoms with van der Waals surface area (Å²) in [6.07, 6.45) is 2.97. The third-order valence-electron chi connectivity index (χ3n) is 7.92. The average molecular weight is 729 g/mol. The maximum absolute atomic E-state index is 13.3. The van der Waals surface area contributed by atoms with Crippen molar-refractivity contribution in [3.05, 3.63) is 94.6 Å². The first-order valence-corrected chi connectivity index (χ1v) is 16.1. The first-order valence-electron chi connectivity index (χ1n) is 16.1. The van der Waals surface area contributed by atoms with Crippen LogP contribution in [-0.4, -0.2) is 75.5 Å². The minimum Gasteiger partial charge on any atom is -0.496 e. The molecule has 0 saturated carbocycles. The van der Waals surface area contributed by atoms with E-state index in [4.69, 9.17) is 9.47 Å². The van der Waals surface area contributed by atoms with Gasteiger partial charge in [-0.3, -0.25) is 19.6 Å². The Kier molecular flexibility index (Phi) is 14.8. The van der Waals surface area contributed by atoms with Gasteiger partial charge in [0.1, 0.15) is 22.9 Å². The summed E-state index contributed by atoms with van der Waals surface area (Å²) in [7, 11) is 2.91. The number of hydrogen-bond donors (Lipinski definition) is 4. The van der Waals surface area contributed by atoms with Gasteiger partial charge >= 0.3 is 13.2 Å². The number of aromatic nitrogens is 2. The second-order valence-corrected chi connectivity index (χ2v) is 11.2. The smallest absolute Gasteiger partial charge is 0.345 e. The van der Waals surface area contributed by atoms with Gasteiger partial charge in [-0.05, 0) is 48.2 Å². The molecule has 2 aromatic heterocycles. The van der Waals surface area contributed by atoms with Crippen molar-refractivity contribution in [3.63, 3.8) is 0 Å². The quantitative estimate of drug-likeness (QED) is 0.0677. The number of nitrogens with zero attached hydrogens (tertiary/aromatic N) is 2. The predicted octanol–water partition coefficient (Wildman–Crippen LogP) is 5.94. The van der Waals surface area contributed by atoms with Crippen LogP contribution in [0.25, 0.3) is 11.1 Å². The summed E-state index contributed by atoms with van der Waals surface area (Å²) in [6.45, 7) is -1.36. The summed E-state index contributed by atoms with van der Waals surface area (Å²) in [5.41, 5.74) is 5.79. The van der Waals surface area contributed by atoms with Crippen LogP contribution < -0.4 is 30.7 Å². The van der Waals surface area contributed by atoms with Crippen LogP contribution in [0.3, 0.4) is 0 Å². The Hall–Kier alpha value is -5.16. The lowest BCUT2D eigenvalue weighted by Crippen LogP contribution is -2.21. The molecule has 2 aromatic carbocycles. The molecule has 4 N–H and O–H groups in total. The molecule has 0 unspecified atom stereocenters. The molecule has 0 bridgehead atoms. The molecule has 2 amide bonds. The van der Waals surface area contributed by atoms with Crippen molar-refractivity contribution in [2.24, 2.45) is 0 Å². The summed E-state index contributed by atoms with van der Waals surface area (Å²) < 4.78 is 68.0. The maximum atomic E-state index is 13.3. The number of benzene rings is 2. The van der Waals surface area contributed by atoms with Gasteiger partial charge in [0.15, 0.2) is 0 Å². The van der Waals surface area contributed by atoms with Gasteiger partial charge in [0.25, 0.3) is 11.8 Å². The summed E-state index contributed by atoms with van der Waals surface area (Å²) in [5.74, 6) is -0.127. The van der Waals surface area contributed by atoms with Crippen LogP contribution in [0.5, 0.6) is 11.5 Å². The van der Waals surface area contributed by atoms with E-state index in [1.807, 2.05) is 38.1 Å². The Bertz CT molecular complexity index is 1700. The number of halogens is 4. The van der Waals surface area contributed by atoms with E-state index in [2.05, 4.69) is 40.7 Å². The van der Waals surface area contributed by atoms with Crippen LogP contribution in [0.4, 0.5) is 28.9 Å². The number of nitrogens with one attached hydrogen (secondary N) is 4. The molecular formula is C36H40F4N6O6. The molecule has 0 aliphatic rings.